The van der Waals surface area contributed by atoms with Crippen molar-refractivity contribution < 1.29 is 4.74 Å². The first kappa shape index (κ1) is 8.73. The maximum Gasteiger partial charge on any atom is 0.0826 e. The molecule has 1 fully saturated rings. The van der Waals surface area contributed by atoms with Gasteiger partial charge in [0.2, 0.25) is 0 Å². The zero-order chi connectivity index (χ0) is 9.10. The summed E-state index contributed by atoms with van der Waals surface area (Å²) < 4.78 is 5.65. The molecule has 2 N–H and O–H groups in total. The lowest BCUT2D eigenvalue weighted by atomic mass is 10.00. The van der Waals surface area contributed by atoms with Gasteiger partial charge in [0.05, 0.1) is 12.7 Å². The van der Waals surface area contributed by atoms with Gasteiger partial charge in [-0.25, -0.2) is 0 Å². The van der Waals surface area contributed by atoms with Crippen molar-refractivity contribution in [3.8, 4) is 0 Å². The third kappa shape index (κ3) is 2.08. The molecule has 1 aromatic carbocycles. The van der Waals surface area contributed by atoms with E-state index in [-0.39, 0.29) is 12.1 Å². The van der Waals surface area contributed by atoms with Crippen LogP contribution < -0.4 is 5.73 Å². The molecule has 0 aliphatic carbocycles. The molecule has 2 atom stereocenters. The van der Waals surface area contributed by atoms with Gasteiger partial charge in [-0.15, -0.1) is 0 Å². The Labute approximate surface area is 78.7 Å². The molecule has 1 aromatic rings. The van der Waals surface area contributed by atoms with Crippen molar-refractivity contribution in [2.45, 2.75) is 25.0 Å². The Morgan fingerprint density at radius 2 is 1.92 bits per heavy atom. The summed E-state index contributed by atoms with van der Waals surface area (Å²) in [5.74, 6) is 0. The Kier molecular flexibility index (Phi) is 2.62. The van der Waals surface area contributed by atoms with Crippen molar-refractivity contribution in [3.05, 3.63) is 35.9 Å². The number of hydrogen-bond acceptors (Lipinski definition) is 2. The minimum absolute atomic E-state index is 0.236. The van der Waals surface area contributed by atoms with Crippen molar-refractivity contribution in [2.24, 2.45) is 5.73 Å². The molecule has 13 heavy (non-hydrogen) atoms. The van der Waals surface area contributed by atoms with Crippen molar-refractivity contribution in [3.63, 3.8) is 0 Å². The Morgan fingerprint density at radius 1 is 1.15 bits per heavy atom. The molecule has 70 valence electrons. The zero-order valence-corrected chi connectivity index (χ0v) is 7.65. The van der Waals surface area contributed by atoms with Crippen LogP contribution in [0.1, 0.15) is 24.5 Å². The molecule has 1 aliphatic rings. The van der Waals surface area contributed by atoms with E-state index in [2.05, 4.69) is 12.1 Å². The first-order valence-corrected chi connectivity index (χ1v) is 4.78. The minimum atomic E-state index is 0.236. The van der Waals surface area contributed by atoms with Gasteiger partial charge in [0.15, 0.2) is 0 Å². The summed E-state index contributed by atoms with van der Waals surface area (Å²) in [5, 5.41) is 0. The molecule has 1 aliphatic heterocycles. The molecule has 2 rings (SSSR count). The van der Waals surface area contributed by atoms with Crippen LogP contribution in [0.4, 0.5) is 0 Å². The molecule has 0 radical (unpaired) electrons. The van der Waals surface area contributed by atoms with E-state index in [1.165, 1.54) is 5.56 Å². The lowest BCUT2D eigenvalue weighted by Gasteiger charge is -2.26. The van der Waals surface area contributed by atoms with Crippen LogP contribution in [0.5, 0.6) is 0 Å². The molecule has 0 unspecified atom stereocenters. The number of hydrogen-bond donors (Lipinski definition) is 1. The first-order chi connectivity index (χ1) is 6.36. The minimum Gasteiger partial charge on any atom is -0.372 e. The van der Waals surface area contributed by atoms with E-state index in [0.29, 0.717) is 6.61 Å². The fourth-order valence-corrected chi connectivity index (χ4v) is 1.70. The van der Waals surface area contributed by atoms with Gasteiger partial charge < -0.3 is 10.5 Å². The van der Waals surface area contributed by atoms with Crippen LogP contribution in [0.25, 0.3) is 0 Å². The summed E-state index contributed by atoms with van der Waals surface area (Å²) in [7, 11) is 0. The molecule has 2 nitrogen and oxygen atoms in total. The highest BCUT2D eigenvalue weighted by Gasteiger charge is 2.19. The van der Waals surface area contributed by atoms with Crippen LogP contribution in [0.15, 0.2) is 30.3 Å². The second-order valence-electron chi connectivity index (χ2n) is 3.57. The van der Waals surface area contributed by atoms with E-state index in [9.17, 15) is 0 Å². The molecule has 1 heterocycles. The Hall–Kier alpha value is -0.860. The van der Waals surface area contributed by atoms with E-state index in [1.54, 1.807) is 0 Å². The smallest absolute Gasteiger partial charge is 0.0826 e. The van der Waals surface area contributed by atoms with Crippen molar-refractivity contribution in [1.82, 2.24) is 0 Å². The molecule has 0 bridgehead atoms. The Morgan fingerprint density at radius 3 is 2.54 bits per heavy atom. The molecule has 0 amide bonds. The standard InChI is InChI=1S/C11H15NO/c12-10-6-7-11(13-8-10)9-4-2-1-3-5-9/h1-5,10-11H,6-8,12H2/t10-,11-/m1/s1. The van der Waals surface area contributed by atoms with E-state index in [1.807, 2.05) is 18.2 Å². The van der Waals surface area contributed by atoms with Gasteiger partial charge in [0, 0.05) is 6.04 Å². The SMILES string of the molecule is N[C@@H]1CC[C@H](c2ccccc2)OC1. The molecular weight excluding hydrogens is 162 g/mol. The highest BCUT2D eigenvalue weighted by molar-refractivity contribution is 5.17. The normalized spacial score (nSPS) is 28.7. The summed E-state index contributed by atoms with van der Waals surface area (Å²) in [6, 6.07) is 10.6. The summed E-state index contributed by atoms with van der Waals surface area (Å²) in [6.45, 7) is 0.694. The fourth-order valence-electron chi connectivity index (χ4n) is 1.70. The number of ether oxygens (including phenoxy) is 1. The van der Waals surface area contributed by atoms with Crippen LogP contribution in [-0.4, -0.2) is 12.6 Å². The third-order valence-electron chi connectivity index (χ3n) is 2.48. The first-order valence-electron chi connectivity index (χ1n) is 4.78. The van der Waals surface area contributed by atoms with Gasteiger partial charge in [-0.1, -0.05) is 30.3 Å². The van der Waals surface area contributed by atoms with Crippen LogP contribution in [0.2, 0.25) is 0 Å². The highest BCUT2D eigenvalue weighted by Crippen LogP contribution is 2.26. The number of rotatable bonds is 1. The predicted octanol–water partition coefficient (Wildman–Crippen LogP) is 1.87. The summed E-state index contributed by atoms with van der Waals surface area (Å²) in [5.41, 5.74) is 7.02. The van der Waals surface area contributed by atoms with Crippen LogP contribution in [0, 0.1) is 0 Å². The average Bonchev–Trinajstić information content (AvgIpc) is 2.20. The van der Waals surface area contributed by atoms with Gasteiger partial charge in [0.1, 0.15) is 0 Å². The molecule has 1 saturated heterocycles. The maximum atomic E-state index is 5.75. The van der Waals surface area contributed by atoms with E-state index < -0.39 is 0 Å². The third-order valence-corrected chi connectivity index (χ3v) is 2.48. The summed E-state index contributed by atoms with van der Waals surface area (Å²) in [4.78, 5) is 0. The van der Waals surface area contributed by atoms with E-state index in [0.717, 1.165) is 12.8 Å². The monoisotopic (exact) mass is 177 g/mol. The van der Waals surface area contributed by atoms with Crippen LogP contribution in [-0.2, 0) is 4.74 Å². The quantitative estimate of drug-likeness (QED) is 0.710. The highest BCUT2D eigenvalue weighted by atomic mass is 16.5. The fraction of sp³-hybridized carbons (Fsp3) is 0.455. The maximum absolute atomic E-state index is 5.75. The van der Waals surface area contributed by atoms with Crippen LogP contribution >= 0.6 is 0 Å². The van der Waals surface area contributed by atoms with E-state index >= 15 is 0 Å². The van der Waals surface area contributed by atoms with Gasteiger partial charge in [-0.05, 0) is 18.4 Å². The predicted molar refractivity (Wildman–Crippen MR) is 52.3 cm³/mol. The molecule has 0 saturated carbocycles. The van der Waals surface area contributed by atoms with Crippen molar-refractivity contribution >= 4 is 0 Å². The van der Waals surface area contributed by atoms with Gasteiger partial charge in [-0.3, -0.25) is 0 Å². The summed E-state index contributed by atoms with van der Waals surface area (Å²) in [6.07, 6.45) is 2.38. The molecule has 0 aromatic heterocycles. The van der Waals surface area contributed by atoms with E-state index in [4.69, 9.17) is 10.5 Å². The van der Waals surface area contributed by atoms with Crippen molar-refractivity contribution in [1.29, 1.82) is 0 Å². The second-order valence-corrected chi connectivity index (χ2v) is 3.57. The lowest BCUT2D eigenvalue weighted by molar-refractivity contribution is 0.00412. The number of benzene rings is 1. The molecule has 0 spiro atoms. The molecular formula is C11H15NO. The zero-order valence-electron chi connectivity index (χ0n) is 7.65. The largest absolute Gasteiger partial charge is 0.372 e. The second kappa shape index (κ2) is 3.90. The van der Waals surface area contributed by atoms with Crippen molar-refractivity contribution in [2.75, 3.05) is 6.61 Å². The Balaban J connectivity index is 2.03. The van der Waals surface area contributed by atoms with Gasteiger partial charge in [-0.2, -0.15) is 0 Å². The average molecular weight is 177 g/mol. The lowest BCUT2D eigenvalue weighted by Crippen LogP contribution is -2.32. The van der Waals surface area contributed by atoms with Gasteiger partial charge in [0.25, 0.3) is 0 Å². The van der Waals surface area contributed by atoms with Gasteiger partial charge >= 0.3 is 0 Å². The number of nitrogens with two attached hydrogens (primary N) is 1. The molecule has 2 heteroatoms. The summed E-state index contributed by atoms with van der Waals surface area (Å²) >= 11 is 0. The topological polar surface area (TPSA) is 35.2 Å². The Bertz CT molecular complexity index is 252. The van der Waals surface area contributed by atoms with Crippen LogP contribution in [0.3, 0.4) is 0 Å².